The number of rotatable bonds is 11. The summed E-state index contributed by atoms with van der Waals surface area (Å²) in [4.78, 5) is 0. The average Bonchev–Trinajstić information content (AvgIpc) is 2.79. The van der Waals surface area contributed by atoms with Crippen LogP contribution in [0.1, 0.15) is 29.7 Å². The summed E-state index contributed by atoms with van der Waals surface area (Å²) in [5, 5.41) is 24.1. The molecule has 0 unspecified atom stereocenters. The van der Waals surface area contributed by atoms with Gasteiger partial charge in [0.15, 0.2) is 0 Å². The highest BCUT2D eigenvalue weighted by molar-refractivity contribution is 7.92. The zero-order chi connectivity index (χ0) is 25.6. The highest BCUT2D eigenvalue weighted by atomic mass is 32.2. The number of alkyl halides is 2. The first-order valence-corrected chi connectivity index (χ1v) is 12.7. The Morgan fingerprint density at radius 1 is 1.03 bits per heavy atom. The van der Waals surface area contributed by atoms with Crippen LogP contribution in [0.25, 0.3) is 0 Å². The fraction of sp³-hybridized carbons (Fsp3) is 0.280. The van der Waals surface area contributed by atoms with Crippen molar-refractivity contribution in [2.24, 2.45) is 0 Å². The topological polar surface area (TPSA) is 108 Å². The van der Waals surface area contributed by atoms with E-state index in [1.807, 2.05) is 37.3 Å². The maximum atomic E-state index is 12.5. The number of phenolic OH excluding ortho intramolecular Hbond substituents is 1. The van der Waals surface area contributed by atoms with Crippen LogP contribution >= 0.6 is 0 Å². The van der Waals surface area contributed by atoms with Crippen molar-refractivity contribution < 1.29 is 32.1 Å². The van der Waals surface area contributed by atoms with E-state index in [0.717, 1.165) is 17.4 Å². The van der Waals surface area contributed by atoms with Crippen LogP contribution < -0.4 is 14.8 Å². The van der Waals surface area contributed by atoms with Crippen LogP contribution in [0.3, 0.4) is 0 Å². The van der Waals surface area contributed by atoms with E-state index in [9.17, 15) is 27.4 Å². The van der Waals surface area contributed by atoms with E-state index in [1.54, 1.807) is 12.1 Å². The number of aliphatic hydroxyl groups is 1. The predicted octanol–water partition coefficient (Wildman–Crippen LogP) is 4.15. The number of benzene rings is 3. The Bertz CT molecular complexity index is 1220. The molecule has 0 aromatic heterocycles. The molecular formula is C25H28F2N2O5S. The van der Waals surface area contributed by atoms with Crippen LogP contribution in [-0.2, 0) is 22.0 Å². The fourth-order valence-electron chi connectivity index (χ4n) is 3.76. The molecule has 4 N–H and O–H groups in total. The summed E-state index contributed by atoms with van der Waals surface area (Å²) in [5.41, 5.74) is 1.47. The van der Waals surface area contributed by atoms with Gasteiger partial charge in [0.1, 0.15) is 11.5 Å². The molecule has 0 bridgehead atoms. The molecule has 0 fully saturated rings. The monoisotopic (exact) mass is 506 g/mol. The number of hydrogen-bond acceptors (Lipinski definition) is 6. The first-order valence-electron chi connectivity index (χ1n) is 10.8. The Morgan fingerprint density at radius 3 is 2.29 bits per heavy atom. The number of phenols is 1. The number of halogens is 2. The van der Waals surface area contributed by atoms with E-state index in [2.05, 4.69) is 14.8 Å². The molecule has 7 nitrogen and oxygen atoms in total. The number of aliphatic hydroxyl groups excluding tert-OH is 1. The Hall–Kier alpha value is -3.21. The van der Waals surface area contributed by atoms with Crippen LogP contribution in [0, 0.1) is 0 Å². The number of hydrogen-bond donors (Lipinski definition) is 4. The molecule has 0 aliphatic rings. The molecule has 0 radical (unpaired) electrons. The van der Waals surface area contributed by atoms with Gasteiger partial charge in [0, 0.05) is 12.1 Å². The molecule has 0 heterocycles. The first-order chi connectivity index (χ1) is 16.4. The maximum absolute atomic E-state index is 12.5. The lowest BCUT2D eigenvalue weighted by Gasteiger charge is -2.33. The van der Waals surface area contributed by atoms with E-state index in [-0.39, 0.29) is 23.7 Å². The van der Waals surface area contributed by atoms with Crippen molar-refractivity contribution in [1.82, 2.24) is 5.32 Å². The predicted molar refractivity (Wildman–Crippen MR) is 130 cm³/mol. The number of nitrogens with one attached hydrogen (secondary N) is 2. The normalized spacial score (nSPS) is 14.3. The summed E-state index contributed by atoms with van der Waals surface area (Å²) >= 11 is 0. The summed E-state index contributed by atoms with van der Waals surface area (Å²) < 4.78 is 54.9. The molecule has 35 heavy (non-hydrogen) atoms. The molecule has 188 valence electrons. The van der Waals surface area contributed by atoms with E-state index in [1.165, 1.54) is 30.3 Å². The van der Waals surface area contributed by atoms with Gasteiger partial charge in [0.25, 0.3) is 0 Å². The minimum atomic E-state index is -3.62. The largest absolute Gasteiger partial charge is 0.506 e. The standard InChI is InChI=1S/C25H28F2N2O5S/c1-25(15-17-6-4-3-5-7-17,19-9-11-20(12-10-19)34-24(26)27)28-16-23(31)18-8-13-22(30)21(14-18)29-35(2,32)33/h3-14,23-24,28-31H,15-16H2,1-2H3/t23-,25+/m0/s1. The third-order valence-corrected chi connectivity index (χ3v) is 6.09. The number of anilines is 1. The van der Waals surface area contributed by atoms with E-state index >= 15 is 0 Å². The van der Waals surface area contributed by atoms with Crippen molar-refractivity contribution in [3.8, 4) is 11.5 Å². The van der Waals surface area contributed by atoms with Crippen LogP contribution in [0.4, 0.5) is 14.5 Å². The lowest BCUT2D eigenvalue weighted by Crippen LogP contribution is -2.43. The maximum Gasteiger partial charge on any atom is 0.387 e. The molecule has 0 aliphatic carbocycles. The first kappa shape index (κ1) is 26.4. The van der Waals surface area contributed by atoms with Crippen LogP contribution in [0.2, 0.25) is 0 Å². The molecule has 0 saturated carbocycles. The van der Waals surface area contributed by atoms with Crippen molar-refractivity contribution in [2.75, 3.05) is 17.5 Å². The van der Waals surface area contributed by atoms with E-state index in [4.69, 9.17) is 0 Å². The molecule has 0 saturated heterocycles. The molecule has 3 aromatic carbocycles. The Balaban J connectivity index is 1.83. The molecule has 3 aromatic rings. The van der Waals surface area contributed by atoms with E-state index in [0.29, 0.717) is 12.0 Å². The van der Waals surface area contributed by atoms with Crippen molar-refractivity contribution >= 4 is 15.7 Å². The van der Waals surface area contributed by atoms with Gasteiger partial charge in [-0.05, 0) is 54.3 Å². The van der Waals surface area contributed by atoms with Crippen molar-refractivity contribution in [1.29, 1.82) is 0 Å². The summed E-state index contributed by atoms with van der Waals surface area (Å²) in [6, 6.07) is 20.1. The second-order valence-electron chi connectivity index (χ2n) is 8.44. The van der Waals surface area contributed by atoms with Gasteiger partial charge in [-0.25, -0.2) is 8.42 Å². The molecular weight excluding hydrogens is 478 g/mol. The molecule has 10 heteroatoms. The molecule has 0 aliphatic heterocycles. The van der Waals surface area contributed by atoms with E-state index < -0.39 is 28.3 Å². The quantitative estimate of drug-likeness (QED) is 0.291. The number of sulfonamides is 1. The van der Waals surface area contributed by atoms with Gasteiger partial charge < -0.3 is 20.3 Å². The summed E-state index contributed by atoms with van der Waals surface area (Å²) in [6.07, 6.45) is 0.461. The van der Waals surface area contributed by atoms with Gasteiger partial charge in [0.05, 0.1) is 18.0 Å². The van der Waals surface area contributed by atoms with Crippen molar-refractivity contribution in [2.45, 2.75) is 31.6 Å². The van der Waals surface area contributed by atoms with Gasteiger partial charge in [-0.3, -0.25) is 4.72 Å². The van der Waals surface area contributed by atoms with Gasteiger partial charge in [0.2, 0.25) is 10.0 Å². The van der Waals surface area contributed by atoms with Crippen LogP contribution in [0.15, 0.2) is 72.8 Å². The second kappa shape index (κ2) is 11.0. The van der Waals surface area contributed by atoms with Crippen LogP contribution in [0.5, 0.6) is 11.5 Å². The van der Waals surface area contributed by atoms with Gasteiger partial charge in [-0.2, -0.15) is 8.78 Å². The third kappa shape index (κ3) is 7.64. The second-order valence-corrected chi connectivity index (χ2v) is 10.2. The Morgan fingerprint density at radius 2 is 1.69 bits per heavy atom. The third-order valence-electron chi connectivity index (χ3n) is 5.50. The summed E-state index contributed by atoms with van der Waals surface area (Å²) in [7, 11) is -3.62. The number of ether oxygens (including phenoxy) is 1. The SMILES string of the molecule is C[C@](Cc1ccccc1)(NC[C@H](O)c1ccc(O)c(NS(C)(=O)=O)c1)c1ccc(OC(F)F)cc1. The molecule has 0 spiro atoms. The highest BCUT2D eigenvalue weighted by Gasteiger charge is 2.28. The lowest BCUT2D eigenvalue weighted by atomic mass is 9.85. The smallest absolute Gasteiger partial charge is 0.387 e. The number of aromatic hydroxyl groups is 1. The molecule has 2 atom stereocenters. The highest BCUT2D eigenvalue weighted by Crippen LogP contribution is 2.31. The summed E-state index contributed by atoms with van der Waals surface area (Å²) in [6.45, 7) is -0.901. The van der Waals surface area contributed by atoms with Crippen molar-refractivity contribution in [3.63, 3.8) is 0 Å². The zero-order valence-electron chi connectivity index (χ0n) is 19.3. The average molecular weight is 507 g/mol. The zero-order valence-corrected chi connectivity index (χ0v) is 20.1. The van der Waals surface area contributed by atoms with Gasteiger partial charge in [-0.1, -0.05) is 48.5 Å². The van der Waals surface area contributed by atoms with Gasteiger partial charge in [-0.15, -0.1) is 0 Å². The lowest BCUT2D eigenvalue weighted by molar-refractivity contribution is -0.0498. The molecule has 3 rings (SSSR count). The van der Waals surface area contributed by atoms with Crippen molar-refractivity contribution in [3.05, 3.63) is 89.5 Å². The molecule has 0 amide bonds. The minimum Gasteiger partial charge on any atom is -0.506 e. The Labute approximate surface area is 203 Å². The van der Waals surface area contributed by atoms with Crippen LogP contribution in [-0.4, -0.2) is 38.0 Å². The fourth-order valence-corrected chi connectivity index (χ4v) is 4.32. The van der Waals surface area contributed by atoms with Gasteiger partial charge >= 0.3 is 6.61 Å². The minimum absolute atomic E-state index is 0.0364. The summed E-state index contributed by atoms with van der Waals surface area (Å²) in [5.74, 6) is -0.222. The Kier molecular flexibility index (Phi) is 8.31.